The molecule has 0 bridgehead atoms. The number of rotatable bonds is 5. The molecule has 1 saturated carbocycles. The second-order valence-electron chi connectivity index (χ2n) is 6.08. The molecule has 4 nitrogen and oxygen atoms in total. The summed E-state index contributed by atoms with van der Waals surface area (Å²) in [4.78, 5) is 15.5. The summed E-state index contributed by atoms with van der Waals surface area (Å²) in [6.07, 6.45) is 3.35. The first kappa shape index (κ1) is 13.6. The molecule has 2 fully saturated rings. The smallest absolute Gasteiger partial charge is 0.211 e. The van der Waals surface area contributed by atoms with Crippen molar-refractivity contribution in [3.8, 4) is 0 Å². The summed E-state index contributed by atoms with van der Waals surface area (Å²) < 4.78 is 0. The summed E-state index contributed by atoms with van der Waals surface area (Å²) in [5.74, 6) is 0.717. The molecule has 1 aliphatic carbocycles. The van der Waals surface area contributed by atoms with Crippen molar-refractivity contribution in [3.63, 3.8) is 0 Å². The number of carbonyl (C=O) groups excluding carboxylic acids is 1. The van der Waals surface area contributed by atoms with Crippen LogP contribution in [0.3, 0.4) is 0 Å². The molecular weight excluding hydrogens is 250 g/mol. The molecule has 1 heterocycles. The topological polar surface area (TPSA) is 35.6 Å². The lowest BCUT2D eigenvalue weighted by atomic mass is 10.0. The van der Waals surface area contributed by atoms with E-state index in [-0.39, 0.29) is 0 Å². The summed E-state index contributed by atoms with van der Waals surface area (Å²) in [5, 5.41) is 2.81. The zero-order valence-corrected chi connectivity index (χ0v) is 12.1. The maximum atomic E-state index is 10.7. The van der Waals surface area contributed by atoms with E-state index in [9.17, 15) is 4.79 Å². The zero-order valence-electron chi connectivity index (χ0n) is 12.1. The number of anilines is 1. The van der Waals surface area contributed by atoms with Gasteiger partial charge in [-0.2, -0.15) is 0 Å². The molecule has 108 valence electrons. The molecule has 0 unspecified atom stereocenters. The van der Waals surface area contributed by atoms with Crippen molar-refractivity contribution in [2.24, 2.45) is 0 Å². The lowest BCUT2D eigenvalue weighted by Gasteiger charge is -2.32. The van der Waals surface area contributed by atoms with Crippen LogP contribution in [-0.2, 0) is 11.3 Å². The Morgan fingerprint density at radius 2 is 1.95 bits per heavy atom. The third-order valence-electron chi connectivity index (χ3n) is 4.29. The number of nitrogens with one attached hydrogen (secondary N) is 1. The van der Waals surface area contributed by atoms with Crippen molar-refractivity contribution in [2.75, 3.05) is 38.5 Å². The van der Waals surface area contributed by atoms with Crippen molar-refractivity contribution in [1.82, 2.24) is 9.80 Å². The van der Waals surface area contributed by atoms with Gasteiger partial charge in [-0.3, -0.25) is 9.69 Å². The zero-order chi connectivity index (χ0) is 13.9. The minimum absolute atomic E-state index is 0.717. The van der Waals surface area contributed by atoms with E-state index < -0.39 is 0 Å². The Kier molecular flexibility index (Phi) is 4.03. The normalized spacial score (nSPS) is 20.9. The van der Waals surface area contributed by atoms with Gasteiger partial charge in [0.1, 0.15) is 0 Å². The minimum Gasteiger partial charge on any atom is -0.329 e. The van der Waals surface area contributed by atoms with Crippen LogP contribution < -0.4 is 5.32 Å². The van der Waals surface area contributed by atoms with Gasteiger partial charge >= 0.3 is 0 Å². The molecule has 0 radical (unpaired) electrons. The monoisotopic (exact) mass is 273 g/mol. The predicted octanol–water partition coefficient (Wildman–Crippen LogP) is 1.88. The van der Waals surface area contributed by atoms with E-state index >= 15 is 0 Å². The van der Waals surface area contributed by atoms with Crippen LogP contribution in [0.1, 0.15) is 29.9 Å². The number of piperazine rings is 1. The minimum atomic E-state index is 0.717. The van der Waals surface area contributed by atoms with Gasteiger partial charge in [-0.1, -0.05) is 6.07 Å². The number of hydrogen-bond donors (Lipinski definition) is 1. The largest absolute Gasteiger partial charge is 0.329 e. The Morgan fingerprint density at radius 3 is 2.60 bits per heavy atom. The maximum Gasteiger partial charge on any atom is 0.211 e. The molecule has 1 aromatic carbocycles. The summed E-state index contributed by atoms with van der Waals surface area (Å²) in [7, 11) is 2.18. The Balaban J connectivity index is 1.72. The van der Waals surface area contributed by atoms with Crippen LogP contribution in [-0.4, -0.2) is 49.4 Å². The number of amides is 1. The Bertz CT molecular complexity index is 477. The van der Waals surface area contributed by atoms with Crippen molar-refractivity contribution in [1.29, 1.82) is 0 Å². The lowest BCUT2D eigenvalue weighted by molar-refractivity contribution is -0.105. The molecule has 2 aliphatic rings. The van der Waals surface area contributed by atoms with Gasteiger partial charge in [0.15, 0.2) is 0 Å². The lowest BCUT2D eigenvalue weighted by Crippen LogP contribution is -2.43. The van der Waals surface area contributed by atoms with Crippen LogP contribution in [0, 0.1) is 0 Å². The highest BCUT2D eigenvalue weighted by Crippen LogP contribution is 2.41. The second kappa shape index (κ2) is 5.94. The van der Waals surface area contributed by atoms with E-state index in [1.165, 1.54) is 24.0 Å². The highest BCUT2D eigenvalue weighted by Gasteiger charge is 2.24. The van der Waals surface area contributed by atoms with E-state index in [2.05, 4.69) is 40.4 Å². The first-order chi connectivity index (χ1) is 9.74. The van der Waals surface area contributed by atoms with Gasteiger partial charge in [0.05, 0.1) is 0 Å². The van der Waals surface area contributed by atoms with Gasteiger partial charge in [0.2, 0.25) is 6.41 Å². The van der Waals surface area contributed by atoms with Gasteiger partial charge in [-0.05, 0) is 49.1 Å². The Hall–Kier alpha value is -1.39. The maximum absolute atomic E-state index is 10.7. The molecule has 1 saturated heterocycles. The molecule has 4 heteroatoms. The molecule has 0 atom stereocenters. The van der Waals surface area contributed by atoms with Crippen LogP contribution in [0.25, 0.3) is 0 Å². The van der Waals surface area contributed by atoms with Gasteiger partial charge in [0.25, 0.3) is 0 Å². The van der Waals surface area contributed by atoms with E-state index in [1.54, 1.807) is 0 Å². The summed E-state index contributed by atoms with van der Waals surface area (Å²) >= 11 is 0. The molecule has 3 rings (SSSR count). The third-order valence-corrected chi connectivity index (χ3v) is 4.29. The highest BCUT2D eigenvalue weighted by atomic mass is 16.1. The fourth-order valence-corrected chi connectivity index (χ4v) is 2.88. The molecule has 20 heavy (non-hydrogen) atoms. The summed E-state index contributed by atoms with van der Waals surface area (Å²) in [6, 6.07) is 6.56. The SMILES string of the molecule is CN1CCN(Cc2cc(NC=O)cc(C3CC3)c2)CC1. The van der Waals surface area contributed by atoms with Crippen molar-refractivity contribution < 1.29 is 4.79 Å². The van der Waals surface area contributed by atoms with Crippen LogP contribution in [0.5, 0.6) is 0 Å². The molecule has 1 amide bonds. The molecule has 1 N–H and O–H groups in total. The van der Waals surface area contributed by atoms with Crippen LogP contribution in [0.2, 0.25) is 0 Å². The molecule has 0 spiro atoms. The van der Waals surface area contributed by atoms with Crippen molar-refractivity contribution in [2.45, 2.75) is 25.3 Å². The second-order valence-corrected chi connectivity index (χ2v) is 6.08. The standard InChI is InChI=1S/C16H23N3O/c1-18-4-6-19(7-5-18)11-13-8-15(14-2-3-14)10-16(9-13)17-12-20/h8-10,12,14H,2-7,11H2,1H3,(H,17,20). The molecular formula is C16H23N3O. The first-order valence-corrected chi connectivity index (χ1v) is 7.49. The van der Waals surface area contributed by atoms with Gasteiger partial charge in [-0.15, -0.1) is 0 Å². The van der Waals surface area contributed by atoms with Crippen LogP contribution in [0.4, 0.5) is 5.69 Å². The number of likely N-dealkylation sites (N-methyl/N-ethyl adjacent to an activating group) is 1. The average molecular weight is 273 g/mol. The van der Waals surface area contributed by atoms with Crippen molar-refractivity contribution in [3.05, 3.63) is 29.3 Å². The number of nitrogens with zero attached hydrogens (tertiary/aromatic N) is 2. The fraction of sp³-hybridized carbons (Fsp3) is 0.562. The molecule has 1 aliphatic heterocycles. The van der Waals surface area contributed by atoms with Crippen LogP contribution >= 0.6 is 0 Å². The average Bonchev–Trinajstić information content (AvgIpc) is 3.26. The number of carbonyl (C=O) groups is 1. The van der Waals surface area contributed by atoms with E-state index in [0.29, 0.717) is 0 Å². The molecule has 1 aromatic rings. The van der Waals surface area contributed by atoms with Gasteiger partial charge < -0.3 is 10.2 Å². The predicted molar refractivity (Wildman–Crippen MR) is 80.9 cm³/mol. The molecule has 0 aromatic heterocycles. The van der Waals surface area contributed by atoms with Gasteiger partial charge in [0, 0.05) is 38.4 Å². The fourth-order valence-electron chi connectivity index (χ4n) is 2.88. The van der Waals surface area contributed by atoms with E-state index in [4.69, 9.17) is 0 Å². The first-order valence-electron chi connectivity index (χ1n) is 7.49. The summed E-state index contributed by atoms with van der Waals surface area (Å²) in [6.45, 7) is 5.52. The van der Waals surface area contributed by atoms with E-state index in [0.717, 1.165) is 50.7 Å². The quantitative estimate of drug-likeness (QED) is 0.832. The number of benzene rings is 1. The van der Waals surface area contributed by atoms with Crippen LogP contribution in [0.15, 0.2) is 18.2 Å². The Morgan fingerprint density at radius 1 is 1.20 bits per heavy atom. The third kappa shape index (κ3) is 3.38. The van der Waals surface area contributed by atoms with E-state index in [1.807, 2.05) is 0 Å². The summed E-state index contributed by atoms with van der Waals surface area (Å²) in [5.41, 5.74) is 3.65. The highest BCUT2D eigenvalue weighted by molar-refractivity contribution is 5.72. The van der Waals surface area contributed by atoms with Crippen molar-refractivity contribution >= 4 is 12.1 Å². The van der Waals surface area contributed by atoms with Gasteiger partial charge in [-0.25, -0.2) is 0 Å². The Labute approximate surface area is 120 Å². The number of hydrogen-bond acceptors (Lipinski definition) is 3.